The average molecular weight is 264 g/mol. The maximum atomic E-state index is 10.5. The third-order valence-corrected chi connectivity index (χ3v) is 4.85. The molecule has 0 bridgehead atoms. The molecule has 1 saturated carbocycles. The minimum Gasteiger partial charge on any atom is -0.396 e. The number of aliphatic hydroxyl groups is 6. The number of rotatable bonds is 6. The van der Waals surface area contributed by atoms with E-state index in [9.17, 15) is 25.5 Å². The van der Waals surface area contributed by atoms with Crippen molar-refractivity contribution in [1.29, 1.82) is 0 Å². The van der Waals surface area contributed by atoms with Crippen molar-refractivity contribution in [3.63, 3.8) is 0 Å². The van der Waals surface area contributed by atoms with Crippen LogP contribution in [0.2, 0.25) is 0 Å². The van der Waals surface area contributed by atoms with Gasteiger partial charge in [0.15, 0.2) is 0 Å². The molecule has 2 unspecified atom stereocenters. The molecule has 0 aromatic rings. The van der Waals surface area contributed by atoms with E-state index in [2.05, 4.69) is 0 Å². The van der Waals surface area contributed by atoms with Gasteiger partial charge in [-0.1, -0.05) is 0 Å². The fraction of sp³-hybridized carbons (Fsp3) is 1.00. The number of hydrogen-bond acceptors (Lipinski definition) is 6. The Balaban J connectivity index is 3.30. The highest BCUT2D eigenvalue weighted by molar-refractivity contribution is 5.11. The van der Waals surface area contributed by atoms with Crippen LogP contribution < -0.4 is 0 Å². The zero-order valence-corrected chi connectivity index (χ0v) is 10.5. The molecular formula is C12H24O6. The van der Waals surface area contributed by atoms with Crippen LogP contribution in [0.25, 0.3) is 0 Å². The summed E-state index contributed by atoms with van der Waals surface area (Å²) >= 11 is 0. The Labute approximate surface area is 107 Å². The van der Waals surface area contributed by atoms with Crippen LogP contribution in [-0.4, -0.2) is 69.3 Å². The summed E-state index contributed by atoms with van der Waals surface area (Å²) in [7, 11) is 0. The fourth-order valence-corrected chi connectivity index (χ4v) is 3.49. The summed E-state index contributed by atoms with van der Waals surface area (Å²) in [5.41, 5.74) is -4.04. The lowest BCUT2D eigenvalue weighted by Gasteiger charge is -2.59. The molecule has 0 heterocycles. The lowest BCUT2D eigenvalue weighted by molar-refractivity contribution is -0.249. The summed E-state index contributed by atoms with van der Waals surface area (Å²) in [6.07, 6.45) is 1.44. The largest absolute Gasteiger partial charge is 0.396 e. The first-order valence-corrected chi connectivity index (χ1v) is 6.28. The van der Waals surface area contributed by atoms with Crippen molar-refractivity contribution in [1.82, 2.24) is 0 Å². The molecule has 0 aromatic heterocycles. The molecule has 18 heavy (non-hydrogen) atoms. The van der Waals surface area contributed by atoms with Crippen LogP contribution in [0.5, 0.6) is 0 Å². The van der Waals surface area contributed by atoms with Gasteiger partial charge in [-0.25, -0.2) is 0 Å². The zero-order chi connectivity index (χ0) is 13.9. The summed E-state index contributed by atoms with van der Waals surface area (Å²) in [6.45, 7) is -2.29. The number of hydrogen-bond donors (Lipinski definition) is 6. The van der Waals surface area contributed by atoms with Crippen LogP contribution in [0.15, 0.2) is 0 Å². The third-order valence-electron chi connectivity index (χ3n) is 4.85. The molecular weight excluding hydrogens is 240 g/mol. The Morgan fingerprint density at radius 1 is 0.778 bits per heavy atom. The Morgan fingerprint density at radius 3 is 1.78 bits per heavy atom. The van der Waals surface area contributed by atoms with Gasteiger partial charge < -0.3 is 30.6 Å². The topological polar surface area (TPSA) is 121 Å². The second kappa shape index (κ2) is 5.81. The van der Waals surface area contributed by atoms with Gasteiger partial charge in [-0.2, -0.15) is 0 Å². The zero-order valence-electron chi connectivity index (χ0n) is 10.5. The van der Waals surface area contributed by atoms with Gasteiger partial charge in [0, 0.05) is 18.6 Å². The van der Waals surface area contributed by atoms with Gasteiger partial charge in [-0.3, -0.25) is 0 Å². The lowest BCUT2D eigenvalue weighted by Crippen LogP contribution is -2.67. The van der Waals surface area contributed by atoms with Crippen molar-refractivity contribution in [3.05, 3.63) is 0 Å². The van der Waals surface area contributed by atoms with Crippen LogP contribution in [0.1, 0.15) is 25.7 Å². The number of aliphatic hydroxyl groups excluding tert-OH is 5. The van der Waals surface area contributed by atoms with Crippen molar-refractivity contribution in [2.24, 2.45) is 10.8 Å². The molecule has 0 aliphatic heterocycles. The minimum absolute atomic E-state index is 0.160. The predicted octanol–water partition coefficient (Wildman–Crippen LogP) is -1.77. The summed E-state index contributed by atoms with van der Waals surface area (Å²) in [5, 5.41) is 58.1. The van der Waals surface area contributed by atoms with E-state index in [1.54, 1.807) is 0 Å². The average Bonchev–Trinajstić information content (AvgIpc) is 2.40. The van der Waals surface area contributed by atoms with Gasteiger partial charge in [0.25, 0.3) is 0 Å². The van der Waals surface area contributed by atoms with Crippen LogP contribution >= 0.6 is 0 Å². The van der Waals surface area contributed by atoms with E-state index in [4.69, 9.17) is 5.11 Å². The van der Waals surface area contributed by atoms with E-state index in [1.165, 1.54) is 0 Å². The first-order chi connectivity index (χ1) is 8.51. The maximum absolute atomic E-state index is 10.5. The van der Waals surface area contributed by atoms with Gasteiger partial charge >= 0.3 is 0 Å². The van der Waals surface area contributed by atoms with Crippen LogP contribution in [-0.2, 0) is 0 Å². The van der Waals surface area contributed by atoms with E-state index in [-0.39, 0.29) is 26.1 Å². The molecule has 6 nitrogen and oxygen atoms in total. The molecule has 1 aliphatic carbocycles. The molecule has 0 aromatic carbocycles. The molecule has 0 spiro atoms. The second-order valence-corrected chi connectivity index (χ2v) is 5.35. The highest BCUT2D eigenvalue weighted by Gasteiger charge is 2.63. The Kier molecular flexibility index (Phi) is 5.11. The highest BCUT2D eigenvalue weighted by Crippen LogP contribution is 2.56. The quantitative estimate of drug-likeness (QED) is 0.337. The standard InChI is InChI=1S/C12H24O6/c13-5-4-10(6-14)2-1-3-12(18,9-17)11(10,7-15)8-16/h13-18H,1-9H2. The maximum Gasteiger partial charge on any atom is 0.0983 e. The van der Waals surface area contributed by atoms with Crippen LogP contribution in [0.3, 0.4) is 0 Å². The Morgan fingerprint density at radius 2 is 1.39 bits per heavy atom. The van der Waals surface area contributed by atoms with E-state index >= 15 is 0 Å². The fourth-order valence-electron chi connectivity index (χ4n) is 3.49. The van der Waals surface area contributed by atoms with Gasteiger partial charge in [-0.15, -0.1) is 0 Å². The van der Waals surface area contributed by atoms with E-state index in [1.807, 2.05) is 0 Å². The van der Waals surface area contributed by atoms with Crippen LogP contribution in [0, 0.1) is 10.8 Å². The smallest absolute Gasteiger partial charge is 0.0983 e. The van der Waals surface area contributed by atoms with Gasteiger partial charge in [0.1, 0.15) is 0 Å². The molecule has 0 radical (unpaired) electrons. The SMILES string of the molecule is OCCC1(CO)CCCC(O)(CO)C1(CO)CO. The van der Waals surface area contributed by atoms with Crippen molar-refractivity contribution < 1.29 is 30.6 Å². The molecule has 1 fully saturated rings. The molecule has 6 heteroatoms. The third kappa shape index (κ3) is 1.97. The summed E-state index contributed by atoms with van der Waals surface area (Å²) in [6, 6.07) is 0. The first kappa shape index (κ1) is 15.8. The minimum atomic E-state index is -1.65. The first-order valence-electron chi connectivity index (χ1n) is 6.28. The van der Waals surface area contributed by atoms with E-state index in [0.717, 1.165) is 0 Å². The molecule has 108 valence electrons. The Bertz CT molecular complexity index is 263. The molecule has 6 N–H and O–H groups in total. The van der Waals surface area contributed by atoms with E-state index < -0.39 is 36.3 Å². The molecule has 1 rings (SSSR count). The molecule has 0 saturated heterocycles. The van der Waals surface area contributed by atoms with Crippen molar-refractivity contribution in [2.45, 2.75) is 31.3 Å². The van der Waals surface area contributed by atoms with Gasteiger partial charge in [0.2, 0.25) is 0 Å². The van der Waals surface area contributed by atoms with Crippen LogP contribution in [0.4, 0.5) is 0 Å². The summed E-state index contributed by atoms with van der Waals surface area (Å²) < 4.78 is 0. The van der Waals surface area contributed by atoms with Crippen molar-refractivity contribution in [3.8, 4) is 0 Å². The summed E-state index contributed by atoms with van der Waals surface area (Å²) in [4.78, 5) is 0. The summed E-state index contributed by atoms with van der Waals surface area (Å²) in [5.74, 6) is 0. The van der Waals surface area contributed by atoms with Crippen molar-refractivity contribution >= 4 is 0 Å². The monoisotopic (exact) mass is 264 g/mol. The molecule has 1 aliphatic rings. The molecule has 2 atom stereocenters. The normalized spacial score (nSPS) is 35.7. The Hall–Kier alpha value is -0.240. The molecule has 0 amide bonds. The van der Waals surface area contributed by atoms with Crippen molar-refractivity contribution in [2.75, 3.05) is 33.0 Å². The lowest BCUT2D eigenvalue weighted by atomic mass is 9.49. The van der Waals surface area contributed by atoms with Gasteiger partial charge in [0.05, 0.1) is 30.8 Å². The van der Waals surface area contributed by atoms with Gasteiger partial charge in [-0.05, 0) is 25.7 Å². The predicted molar refractivity (Wildman–Crippen MR) is 63.7 cm³/mol. The highest BCUT2D eigenvalue weighted by atomic mass is 16.3. The van der Waals surface area contributed by atoms with E-state index in [0.29, 0.717) is 12.8 Å². The second-order valence-electron chi connectivity index (χ2n) is 5.35.